The first kappa shape index (κ1) is 15.3. The number of ether oxygens (including phenoxy) is 2. The van der Waals surface area contributed by atoms with Gasteiger partial charge in [0.1, 0.15) is 19.2 Å². The maximum Gasteiger partial charge on any atom is 0.269 e. The highest BCUT2D eigenvalue weighted by atomic mass is 16.6. The monoisotopic (exact) mass is 315 g/mol. The highest BCUT2D eigenvalue weighted by Gasteiger charge is 2.28. The molecule has 1 aliphatic heterocycles. The average molecular weight is 315 g/mol. The number of nitro groups is 1. The van der Waals surface area contributed by atoms with Crippen LogP contribution >= 0.6 is 0 Å². The van der Waals surface area contributed by atoms with Crippen LogP contribution in [0.1, 0.15) is 12.5 Å². The summed E-state index contributed by atoms with van der Waals surface area (Å²) in [6, 6.07) is 14.5. The first-order chi connectivity index (χ1) is 11.1. The summed E-state index contributed by atoms with van der Waals surface area (Å²) in [6.07, 6.45) is -0.0522. The molecule has 0 spiro atoms. The summed E-state index contributed by atoms with van der Waals surface area (Å²) in [4.78, 5) is 10.4. The highest BCUT2D eigenvalue weighted by Crippen LogP contribution is 2.31. The molecule has 0 amide bonds. The largest absolute Gasteiger partial charge is 0.486 e. The van der Waals surface area contributed by atoms with E-state index in [4.69, 9.17) is 9.47 Å². The molecular weight excluding hydrogens is 296 g/mol. The molecule has 2 atom stereocenters. The Bertz CT molecular complexity index is 704. The van der Waals surface area contributed by atoms with E-state index in [2.05, 4.69) is 12.2 Å². The number of para-hydroxylation sites is 2. The van der Waals surface area contributed by atoms with E-state index in [-0.39, 0.29) is 22.8 Å². The minimum absolute atomic E-state index is 0.0522. The number of nitrogens with two attached hydrogens (primary N) is 1. The number of rotatable bonds is 5. The Morgan fingerprint density at radius 3 is 2.83 bits per heavy atom. The summed E-state index contributed by atoms with van der Waals surface area (Å²) in [5.41, 5.74) is 1.04. The third-order valence-corrected chi connectivity index (χ3v) is 3.96. The predicted molar refractivity (Wildman–Crippen MR) is 84.5 cm³/mol. The Balaban J connectivity index is 1.59. The van der Waals surface area contributed by atoms with E-state index in [1.165, 1.54) is 6.07 Å². The molecule has 2 N–H and O–H groups in total. The highest BCUT2D eigenvalue weighted by molar-refractivity contribution is 5.40. The van der Waals surface area contributed by atoms with Crippen LogP contribution in [0.5, 0.6) is 11.5 Å². The van der Waals surface area contributed by atoms with Crippen LogP contribution in [0.25, 0.3) is 0 Å². The van der Waals surface area contributed by atoms with Gasteiger partial charge in [-0.2, -0.15) is 0 Å². The molecule has 0 saturated heterocycles. The van der Waals surface area contributed by atoms with E-state index >= 15 is 0 Å². The lowest BCUT2D eigenvalue weighted by Crippen LogP contribution is -2.91. The Kier molecular flexibility index (Phi) is 4.43. The first-order valence-corrected chi connectivity index (χ1v) is 7.58. The van der Waals surface area contributed by atoms with Crippen molar-refractivity contribution in [2.45, 2.75) is 25.6 Å². The summed E-state index contributed by atoms with van der Waals surface area (Å²) >= 11 is 0. The second kappa shape index (κ2) is 6.66. The van der Waals surface area contributed by atoms with Gasteiger partial charge in [-0.3, -0.25) is 10.1 Å². The Morgan fingerprint density at radius 1 is 1.26 bits per heavy atom. The van der Waals surface area contributed by atoms with E-state index in [0.717, 1.165) is 17.1 Å². The van der Waals surface area contributed by atoms with Gasteiger partial charge in [-0.1, -0.05) is 24.3 Å². The zero-order valence-corrected chi connectivity index (χ0v) is 12.8. The average Bonchev–Trinajstić information content (AvgIpc) is 2.59. The number of fused-ring (bicyclic) bond motifs is 1. The van der Waals surface area contributed by atoms with Crippen molar-refractivity contribution >= 4 is 5.69 Å². The Morgan fingerprint density at radius 2 is 2.04 bits per heavy atom. The summed E-state index contributed by atoms with van der Waals surface area (Å²) in [7, 11) is 0. The van der Waals surface area contributed by atoms with Crippen LogP contribution in [0.15, 0.2) is 48.5 Å². The van der Waals surface area contributed by atoms with E-state index in [0.29, 0.717) is 13.2 Å². The lowest BCUT2D eigenvalue weighted by atomic mass is 10.1. The van der Waals surface area contributed by atoms with Crippen molar-refractivity contribution in [1.29, 1.82) is 0 Å². The summed E-state index contributed by atoms with van der Waals surface area (Å²) < 4.78 is 11.7. The molecule has 2 aromatic rings. The molecule has 0 fully saturated rings. The Labute approximate surface area is 134 Å². The van der Waals surface area contributed by atoms with Gasteiger partial charge in [0.05, 0.1) is 4.92 Å². The molecule has 1 aliphatic rings. The third-order valence-electron chi connectivity index (χ3n) is 3.96. The Hall–Kier alpha value is -2.60. The molecule has 0 aliphatic carbocycles. The molecule has 6 nitrogen and oxygen atoms in total. The van der Waals surface area contributed by atoms with E-state index < -0.39 is 0 Å². The van der Waals surface area contributed by atoms with Crippen molar-refractivity contribution in [2.75, 3.05) is 6.61 Å². The summed E-state index contributed by atoms with van der Waals surface area (Å²) in [5.74, 6) is 1.54. The molecule has 0 saturated carbocycles. The van der Waals surface area contributed by atoms with Gasteiger partial charge in [0.25, 0.3) is 5.69 Å². The molecule has 0 unspecified atom stereocenters. The SMILES string of the molecule is C[C@H]([NH2+]Cc1cccc([N+](=O)[O-])c1)[C@H]1COc2ccccc2O1. The summed E-state index contributed by atoms with van der Waals surface area (Å²) in [6.45, 7) is 3.23. The van der Waals surface area contributed by atoms with Gasteiger partial charge in [-0.25, -0.2) is 0 Å². The fraction of sp³-hybridized carbons (Fsp3) is 0.294. The normalized spacial score (nSPS) is 17.5. The van der Waals surface area contributed by atoms with Crippen LogP contribution in [-0.2, 0) is 6.54 Å². The van der Waals surface area contributed by atoms with Gasteiger partial charge in [0.15, 0.2) is 17.6 Å². The molecule has 1 heterocycles. The third kappa shape index (κ3) is 3.60. The topological polar surface area (TPSA) is 78.2 Å². The van der Waals surface area contributed by atoms with Gasteiger partial charge in [0.2, 0.25) is 0 Å². The molecule has 23 heavy (non-hydrogen) atoms. The van der Waals surface area contributed by atoms with Gasteiger partial charge < -0.3 is 14.8 Å². The smallest absolute Gasteiger partial charge is 0.269 e. The maximum atomic E-state index is 10.8. The first-order valence-electron chi connectivity index (χ1n) is 7.58. The van der Waals surface area contributed by atoms with E-state index in [1.807, 2.05) is 30.3 Å². The predicted octanol–water partition coefficient (Wildman–Crippen LogP) is 1.89. The standard InChI is InChI=1S/C17H18N2O4/c1-12(17-11-22-15-7-2-3-8-16(15)23-17)18-10-13-5-4-6-14(9-13)19(20)21/h2-9,12,17-18H,10-11H2,1H3/p+1/t12-,17+/m0/s1. The van der Waals surface area contributed by atoms with Crippen molar-refractivity contribution in [3.63, 3.8) is 0 Å². The minimum Gasteiger partial charge on any atom is -0.486 e. The zero-order chi connectivity index (χ0) is 16.2. The fourth-order valence-electron chi connectivity index (χ4n) is 2.57. The number of nitrogens with zero attached hydrogens (tertiary/aromatic N) is 1. The molecule has 120 valence electrons. The molecule has 0 radical (unpaired) electrons. The van der Waals surface area contributed by atoms with Crippen LogP contribution in [0.4, 0.5) is 5.69 Å². The quantitative estimate of drug-likeness (QED) is 0.675. The molecule has 0 aromatic heterocycles. The van der Waals surface area contributed by atoms with E-state index in [1.54, 1.807) is 12.1 Å². The minimum atomic E-state index is -0.373. The van der Waals surface area contributed by atoms with Crippen LogP contribution in [-0.4, -0.2) is 23.7 Å². The van der Waals surface area contributed by atoms with E-state index in [9.17, 15) is 10.1 Å². The van der Waals surface area contributed by atoms with Crippen LogP contribution in [0.3, 0.4) is 0 Å². The van der Waals surface area contributed by atoms with Crippen LogP contribution < -0.4 is 14.8 Å². The number of non-ortho nitro benzene ring substituents is 1. The molecular formula is C17H19N2O4+. The second-order valence-corrected chi connectivity index (χ2v) is 5.64. The van der Waals surface area contributed by atoms with Crippen molar-refractivity contribution < 1.29 is 19.7 Å². The van der Waals surface area contributed by atoms with Gasteiger partial charge in [0, 0.05) is 17.7 Å². The van der Waals surface area contributed by atoms with Crippen molar-refractivity contribution in [1.82, 2.24) is 0 Å². The number of hydrogen-bond acceptors (Lipinski definition) is 4. The second-order valence-electron chi connectivity index (χ2n) is 5.64. The van der Waals surface area contributed by atoms with Gasteiger partial charge >= 0.3 is 0 Å². The van der Waals surface area contributed by atoms with Crippen molar-refractivity contribution in [3.05, 3.63) is 64.2 Å². The van der Waals surface area contributed by atoms with Crippen LogP contribution in [0, 0.1) is 10.1 Å². The van der Waals surface area contributed by atoms with Gasteiger partial charge in [-0.15, -0.1) is 0 Å². The number of hydrogen-bond donors (Lipinski definition) is 1. The van der Waals surface area contributed by atoms with Gasteiger partial charge in [-0.05, 0) is 19.1 Å². The lowest BCUT2D eigenvalue weighted by molar-refractivity contribution is -0.707. The zero-order valence-electron chi connectivity index (χ0n) is 12.8. The number of benzene rings is 2. The molecule has 2 aromatic carbocycles. The fourth-order valence-corrected chi connectivity index (χ4v) is 2.57. The lowest BCUT2D eigenvalue weighted by Gasteiger charge is -2.29. The number of nitro benzene ring substituents is 1. The van der Waals surface area contributed by atoms with Crippen LogP contribution in [0.2, 0.25) is 0 Å². The van der Waals surface area contributed by atoms with Crippen molar-refractivity contribution in [3.8, 4) is 11.5 Å². The molecule has 0 bridgehead atoms. The molecule has 6 heteroatoms. The molecule has 3 rings (SSSR count). The van der Waals surface area contributed by atoms with Crippen molar-refractivity contribution in [2.24, 2.45) is 0 Å². The maximum absolute atomic E-state index is 10.8. The number of quaternary nitrogens is 1. The summed E-state index contributed by atoms with van der Waals surface area (Å²) in [5, 5.41) is 12.9.